The topological polar surface area (TPSA) is 55.6 Å². The molecule has 0 aromatic heterocycles. The summed E-state index contributed by atoms with van der Waals surface area (Å²) in [4.78, 5) is 14.4. The first kappa shape index (κ1) is 16.3. The van der Waals surface area contributed by atoms with Crippen LogP contribution in [0.15, 0.2) is 0 Å². The fraction of sp³-hybridized carbons (Fsp3) is 0.833. The third kappa shape index (κ3) is 4.24. The van der Waals surface area contributed by atoms with E-state index in [4.69, 9.17) is 22.7 Å². The van der Waals surface area contributed by atoms with Crippen LogP contribution in [-0.4, -0.2) is 42.1 Å². The van der Waals surface area contributed by atoms with Crippen LogP contribution < -0.4 is 5.73 Å². The van der Waals surface area contributed by atoms with Gasteiger partial charge >= 0.3 is 0 Å². The van der Waals surface area contributed by atoms with E-state index in [-0.39, 0.29) is 16.9 Å². The van der Waals surface area contributed by atoms with E-state index in [1.807, 2.05) is 13.8 Å². The van der Waals surface area contributed by atoms with Crippen molar-refractivity contribution in [2.75, 3.05) is 20.3 Å². The molecule has 0 bridgehead atoms. The van der Waals surface area contributed by atoms with Crippen molar-refractivity contribution in [3.05, 3.63) is 0 Å². The van der Waals surface area contributed by atoms with Gasteiger partial charge in [0.1, 0.15) is 0 Å². The third-order valence-electron chi connectivity index (χ3n) is 3.07. The molecule has 1 unspecified atom stereocenters. The summed E-state index contributed by atoms with van der Waals surface area (Å²) in [6.07, 6.45) is 0.892. The maximum absolute atomic E-state index is 12.4. The van der Waals surface area contributed by atoms with E-state index in [2.05, 4.69) is 0 Å². The number of ether oxygens (including phenoxy) is 1. The van der Waals surface area contributed by atoms with Gasteiger partial charge in [-0.05, 0) is 27.2 Å². The highest BCUT2D eigenvalue weighted by Crippen LogP contribution is 2.21. The number of amides is 1. The van der Waals surface area contributed by atoms with Gasteiger partial charge in [0, 0.05) is 19.7 Å². The van der Waals surface area contributed by atoms with Crippen LogP contribution in [0.4, 0.5) is 0 Å². The fourth-order valence-electron chi connectivity index (χ4n) is 1.40. The summed E-state index contributed by atoms with van der Waals surface area (Å²) in [7, 11) is 1.62. The van der Waals surface area contributed by atoms with E-state index in [1.54, 1.807) is 25.9 Å². The quantitative estimate of drug-likeness (QED) is 0.706. The van der Waals surface area contributed by atoms with Crippen LogP contribution in [-0.2, 0) is 9.53 Å². The minimum absolute atomic E-state index is 0.0311. The Morgan fingerprint density at radius 2 is 2.06 bits per heavy atom. The van der Waals surface area contributed by atoms with E-state index < -0.39 is 5.41 Å². The average molecular weight is 260 g/mol. The molecule has 5 heteroatoms. The van der Waals surface area contributed by atoms with Gasteiger partial charge in [0.05, 0.1) is 17.0 Å². The largest absolute Gasteiger partial charge is 0.392 e. The van der Waals surface area contributed by atoms with Gasteiger partial charge in [0.2, 0.25) is 5.91 Å². The van der Waals surface area contributed by atoms with Gasteiger partial charge in [-0.1, -0.05) is 19.1 Å². The summed E-state index contributed by atoms with van der Waals surface area (Å²) in [5.41, 5.74) is 4.83. The molecule has 0 aliphatic carbocycles. The third-order valence-corrected chi connectivity index (χ3v) is 3.58. The highest BCUT2D eigenvalue weighted by Gasteiger charge is 2.36. The van der Waals surface area contributed by atoms with E-state index in [1.165, 1.54) is 0 Å². The number of methoxy groups -OCH3 is 1. The predicted octanol–water partition coefficient (Wildman–Crippen LogP) is 1.57. The summed E-state index contributed by atoms with van der Waals surface area (Å²) in [5.74, 6) is -0.0311. The molecule has 1 atom stereocenters. The van der Waals surface area contributed by atoms with Crippen molar-refractivity contribution in [1.82, 2.24) is 4.90 Å². The van der Waals surface area contributed by atoms with Crippen LogP contribution in [0.1, 0.15) is 34.1 Å². The Balaban J connectivity index is 4.92. The first-order chi connectivity index (χ1) is 7.78. The summed E-state index contributed by atoms with van der Waals surface area (Å²) in [6.45, 7) is 8.67. The second kappa shape index (κ2) is 6.91. The molecule has 17 heavy (non-hydrogen) atoms. The zero-order valence-corrected chi connectivity index (χ0v) is 12.3. The zero-order chi connectivity index (χ0) is 13.6. The SMILES string of the molecule is CCC(C)N(CCOC)C(=O)C(C)(C)C(N)=S. The minimum Gasteiger partial charge on any atom is -0.392 e. The lowest BCUT2D eigenvalue weighted by Crippen LogP contribution is -2.51. The fourth-order valence-corrected chi connectivity index (χ4v) is 1.48. The summed E-state index contributed by atoms with van der Waals surface area (Å²) >= 11 is 4.96. The number of nitrogens with zero attached hydrogens (tertiary/aromatic N) is 1. The van der Waals surface area contributed by atoms with Gasteiger partial charge in [0.15, 0.2) is 0 Å². The zero-order valence-electron chi connectivity index (χ0n) is 11.4. The van der Waals surface area contributed by atoms with Crippen LogP contribution in [0, 0.1) is 5.41 Å². The number of carbonyl (C=O) groups excluding carboxylic acids is 1. The second-order valence-corrected chi connectivity index (χ2v) is 5.18. The molecule has 1 amide bonds. The maximum Gasteiger partial charge on any atom is 0.235 e. The van der Waals surface area contributed by atoms with Gasteiger partial charge in [-0.25, -0.2) is 0 Å². The van der Waals surface area contributed by atoms with Crippen molar-refractivity contribution in [2.24, 2.45) is 11.1 Å². The monoisotopic (exact) mass is 260 g/mol. The van der Waals surface area contributed by atoms with E-state index in [0.29, 0.717) is 13.2 Å². The average Bonchev–Trinajstić information content (AvgIpc) is 2.28. The molecule has 0 fully saturated rings. The molecule has 0 rings (SSSR count). The lowest BCUT2D eigenvalue weighted by Gasteiger charge is -2.35. The van der Waals surface area contributed by atoms with Crippen molar-refractivity contribution < 1.29 is 9.53 Å². The van der Waals surface area contributed by atoms with Gasteiger partial charge in [-0.15, -0.1) is 0 Å². The standard InChI is InChI=1S/C12H24N2O2S/c1-6-9(2)14(7-8-16-5)11(15)12(3,4)10(13)17/h9H,6-8H2,1-5H3,(H2,13,17). The van der Waals surface area contributed by atoms with Crippen LogP contribution in [0.5, 0.6) is 0 Å². The molecule has 0 heterocycles. The lowest BCUT2D eigenvalue weighted by molar-refractivity contribution is -0.139. The molecule has 4 nitrogen and oxygen atoms in total. The normalized spacial score (nSPS) is 13.2. The maximum atomic E-state index is 12.4. The molecule has 0 spiro atoms. The van der Waals surface area contributed by atoms with Crippen molar-refractivity contribution in [1.29, 1.82) is 0 Å². The Morgan fingerprint density at radius 1 is 1.53 bits per heavy atom. The van der Waals surface area contributed by atoms with E-state index in [0.717, 1.165) is 6.42 Å². The molecule has 100 valence electrons. The molecule has 0 aliphatic heterocycles. The summed E-state index contributed by atoms with van der Waals surface area (Å²) in [6, 6.07) is 0.159. The number of hydrogen-bond donors (Lipinski definition) is 1. The smallest absolute Gasteiger partial charge is 0.235 e. The van der Waals surface area contributed by atoms with Crippen molar-refractivity contribution in [2.45, 2.75) is 40.2 Å². The van der Waals surface area contributed by atoms with Crippen molar-refractivity contribution >= 4 is 23.1 Å². The number of carbonyl (C=O) groups is 1. The Labute approximate surface area is 109 Å². The van der Waals surface area contributed by atoms with Crippen molar-refractivity contribution in [3.8, 4) is 0 Å². The van der Waals surface area contributed by atoms with Crippen LogP contribution in [0.2, 0.25) is 0 Å². The van der Waals surface area contributed by atoms with Crippen molar-refractivity contribution in [3.63, 3.8) is 0 Å². The minimum atomic E-state index is -0.799. The molecule has 0 aromatic rings. The number of thiocarbonyl (C=S) groups is 1. The van der Waals surface area contributed by atoms with Crippen LogP contribution in [0.3, 0.4) is 0 Å². The Morgan fingerprint density at radius 3 is 2.41 bits per heavy atom. The number of nitrogens with two attached hydrogens (primary N) is 1. The van der Waals surface area contributed by atoms with E-state index in [9.17, 15) is 4.79 Å². The highest BCUT2D eigenvalue weighted by molar-refractivity contribution is 7.80. The molecule has 0 radical (unpaired) electrons. The molecule has 0 saturated heterocycles. The number of hydrogen-bond acceptors (Lipinski definition) is 3. The summed E-state index contributed by atoms with van der Waals surface area (Å²) < 4.78 is 5.03. The molecular weight excluding hydrogens is 236 g/mol. The molecule has 0 saturated carbocycles. The van der Waals surface area contributed by atoms with Crippen LogP contribution in [0.25, 0.3) is 0 Å². The van der Waals surface area contributed by atoms with Gasteiger partial charge in [-0.3, -0.25) is 4.79 Å². The Bertz CT molecular complexity index is 280. The Kier molecular flexibility index (Phi) is 6.64. The highest BCUT2D eigenvalue weighted by atomic mass is 32.1. The predicted molar refractivity (Wildman–Crippen MR) is 73.9 cm³/mol. The molecular formula is C12H24N2O2S. The second-order valence-electron chi connectivity index (χ2n) is 4.74. The van der Waals surface area contributed by atoms with E-state index >= 15 is 0 Å². The molecule has 0 aromatic carbocycles. The van der Waals surface area contributed by atoms with Gasteiger partial charge in [-0.2, -0.15) is 0 Å². The first-order valence-corrected chi connectivity index (χ1v) is 6.29. The van der Waals surface area contributed by atoms with Gasteiger partial charge < -0.3 is 15.4 Å². The molecule has 2 N–H and O–H groups in total. The van der Waals surface area contributed by atoms with Gasteiger partial charge in [0.25, 0.3) is 0 Å². The first-order valence-electron chi connectivity index (χ1n) is 5.88. The van der Waals surface area contributed by atoms with Crippen LogP contribution >= 0.6 is 12.2 Å². The summed E-state index contributed by atoms with van der Waals surface area (Å²) in [5, 5.41) is 0. The Hall–Kier alpha value is -0.680. The number of rotatable bonds is 7. The molecule has 0 aliphatic rings. The lowest BCUT2D eigenvalue weighted by atomic mass is 9.90.